The van der Waals surface area contributed by atoms with Gasteiger partial charge in [-0.3, -0.25) is 14.9 Å². The van der Waals surface area contributed by atoms with Crippen LogP contribution in [0.2, 0.25) is 0 Å². The van der Waals surface area contributed by atoms with Crippen LogP contribution in [0.4, 0.5) is 5.69 Å². The molecule has 0 bridgehead atoms. The highest BCUT2D eigenvalue weighted by atomic mass is 32.2. The first-order valence-corrected chi connectivity index (χ1v) is 7.79. The molecule has 0 saturated heterocycles. The van der Waals surface area contributed by atoms with Crippen LogP contribution >= 0.6 is 11.8 Å². The standard InChI is InChI=1S/C16H15NO5S/c1-21-14-4-2-3-5-15(14)22-16(18)10-11-23-13-8-6-12(7-9-13)17(19)20/h2-9H,10-11H2,1H3. The van der Waals surface area contributed by atoms with Crippen LogP contribution in [0.1, 0.15) is 6.42 Å². The van der Waals surface area contributed by atoms with E-state index in [1.165, 1.54) is 31.0 Å². The molecule has 0 aliphatic rings. The monoisotopic (exact) mass is 333 g/mol. The van der Waals surface area contributed by atoms with Crippen molar-refractivity contribution in [1.29, 1.82) is 0 Å². The predicted molar refractivity (Wildman–Crippen MR) is 87.1 cm³/mol. The van der Waals surface area contributed by atoms with Crippen LogP contribution in [0.25, 0.3) is 0 Å². The Labute approximate surface area is 137 Å². The fourth-order valence-corrected chi connectivity index (χ4v) is 2.63. The van der Waals surface area contributed by atoms with Gasteiger partial charge < -0.3 is 9.47 Å². The maximum absolute atomic E-state index is 11.8. The summed E-state index contributed by atoms with van der Waals surface area (Å²) < 4.78 is 10.4. The van der Waals surface area contributed by atoms with Crippen LogP contribution in [-0.2, 0) is 4.79 Å². The molecule has 0 fully saturated rings. The number of nitrogens with zero attached hydrogens (tertiary/aromatic N) is 1. The summed E-state index contributed by atoms with van der Waals surface area (Å²) in [5.74, 6) is 1.05. The smallest absolute Gasteiger partial charge is 0.312 e. The first-order valence-electron chi connectivity index (χ1n) is 6.81. The number of para-hydroxylation sites is 2. The highest BCUT2D eigenvalue weighted by Crippen LogP contribution is 2.27. The lowest BCUT2D eigenvalue weighted by Gasteiger charge is -2.08. The number of carbonyl (C=O) groups is 1. The largest absolute Gasteiger partial charge is 0.493 e. The number of benzene rings is 2. The van der Waals surface area contributed by atoms with Gasteiger partial charge in [-0.1, -0.05) is 12.1 Å². The van der Waals surface area contributed by atoms with Gasteiger partial charge in [-0.2, -0.15) is 0 Å². The SMILES string of the molecule is COc1ccccc1OC(=O)CCSc1ccc([N+](=O)[O-])cc1. The third kappa shape index (κ3) is 5.00. The van der Waals surface area contributed by atoms with E-state index in [0.717, 1.165) is 4.90 Å². The molecular weight excluding hydrogens is 318 g/mol. The zero-order valence-corrected chi connectivity index (χ0v) is 13.2. The molecule has 0 heterocycles. The van der Waals surface area contributed by atoms with E-state index in [1.807, 2.05) is 0 Å². The third-order valence-electron chi connectivity index (χ3n) is 2.92. The topological polar surface area (TPSA) is 78.7 Å². The molecule has 0 aliphatic heterocycles. The summed E-state index contributed by atoms with van der Waals surface area (Å²) >= 11 is 1.44. The Morgan fingerprint density at radius 3 is 2.39 bits per heavy atom. The molecule has 2 aromatic carbocycles. The Morgan fingerprint density at radius 1 is 1.13 bits per heavy atom. The van der Waals surface area contributed by atoms with Crippen molar-refractivity contribution in [2.75, 3.05) is 12.9 Å². The molecule has 0 N–H and O–H groups in total. The summed E-state index contributed by atoms with van der Waals surface area (Å²) in [5, 5.41) is 10.6. The van der Waals surface area contributed by atoms with Crippen molar-refractivity contribution in [3.8, 4) is 11.5 Å². The van der Waals surface area contributed by atoms with Gasteiger partial charge in [0.05, 0.1) is 18.5 Å². The number of methoxy groups -OCH3 is 1. The normalized spacial score (nSPS) is 10.1. The maximum atomic E-state index is 11.8. The van der Waals surface area contributed by atoms with Crippen LogP contribution < -0.4 is 9.47 Å². The lowest BCUT2D eigenvalue weighted by atomic mass is 10.3. The Morgan fingerprint density at radius 2 is 1.78 bits per heavy atom. The minimum absolute atomic E-state index is 0.0462. The molecule has 0 atom stereocenters. The molecule has 0 radical (unpaired) electrons. The molecule has 6 nitrogen and oxygen atoms in total. The van der Waals surface area contributed by atoms with Crippen LogP contribution in [0, 0.1) is 10.1 Å². The van der Waals surface area contributed by atoms with Gasteiger partial charge in [0.15, 0.2) is 11.5 Å². The first kappa shape index (κ1) is 16.8. The van der Waals surface area contributed by atoms with E-state index in [1.54, 1.807) is 36.4 Å². The molecule has 120 valence electrons. The van der Waals surface area contributed by atoms with E-state index in [9.17, 15) is 14.9 Å². The van der Waals surface area contributed by atoms with Crippen molar-refractivity contribution in [2.24, 2.45) is 0 Å². The minimum atomic E-state index is -0.445. The van der Waals surface area contributed by atoms with Gasteiger partial charge in [-0.05, 0) is 24.3 Å². The second kappa shape index (κ2) is 8.19. The minimum Gasteiger partial charge on any atom is -0.493 e. The van der Waals surface area contributed by atoms with E-state index >= 15 is 0 Å². The van der Waals surface area contributed by atoms with Crippen LogP contribution in [0.5, 0.6) is 11.5 Å². The number of nitro groups is 1. The lowest BCUT2D eigenvalue weighted by Crippen LogP contribution is -2.09. The Bertz CT molecular complexity index is 687. The maximum Gasteiger partial charge on any atom is 0.312 e. The van der Waals surface area contributed by atoms with Crippen LogP contribution in [-0.4, -0.2) is 23.8 Å². The zero-order valence-electron chi connectivity index (χ0n) is 12.4. The molecule has 2 rings (SSSR count). The van der Waals surface area contributed by atoms with Crippen LogP contribution in [0.15, 0.2) is 53.4 Å². The fourth-order valence-electron chi connectivity index (χ4n) is 1.79. The summed E-state index contributed by atoms with van der Waals surface area (Å²) in [7, 11) is 1.51. The Hall–Kier alpha value is -2.54. The van der Waals surface area contributed by atoms with Crippen LogP contribution in [0.3, 0.4) is 0 Å². The average molecular weight is 333 g/mol. The number of thioether (sulfide) groups is 1. The van der Waals surface area contributed by atoms with Gasteiger partial charge in [0.25, 0.3) is 5.69 Å². The molecule has 0 aliphatic carbocycles. The van der Waals surface area contributed by atoms with E-state index in [2.05, 4.69) is 0 Å². The molecule has 0 saturated carbocycles. The third-order valence-corrected chi connectivity index (χ3v) is 3.93. The number of hydrogen-bond acceptors (Lipinski definition) is 6. The summed E-state index contributed by atoms with van der Waals surface area (Å²) in [5.41, 5.74) is 0.0462. The number of rotatable bonds is 7. The van der Waals surface area contributed by atoms with Crippen molar-refractivity contribution in [3.63, 3.8) is 0 Å². The highest BCUT2D eigenvalue weighted by molar-refractivity contribution is 7.99. The number of carbonyl (C=O) groups excluding carboxylic acids is 1. The van der Waals surface area contributed by atoms with Gasteiger partial charge in [0, 0.05) is 22.8 Å². The number of hydrogen-bond donors (Lipinski definition) is 0. The number of esters is 1. The van der Waals surface area contributed by atoms with E-state index in [-0.39, 0.29) is 18.1 Å². The van der Waals surface area contributed by atoms with Crippen molar-refractivity contribution in [1.82, 2.24) is 0 Å². The molecule has 2 aromatic rings. The number of nitro benzene ring substituents is 1. The van der Waals surface area contributed by atoms with Crippen molar-refractivity contribution < 1.29 is 19.2 Å². The summed E-state index contributed by atoms with van der Waals surface area (Å²) in [6.45, 7) is 0. The van der Waals surface area contributed by atoms with Gasteiger partial charge >= 0.3 is 5.97 Å². The molecule has 0 amide bonds. The number of non-ortho nitro benzene ring substituents is 1. The molecule has 0 unspecified atom stereocenters. The molecular formula is C16H15NO5S. The zero-order chi connectivity index (χ0) is 16.7. The van der Waals surface area contributed by atoms with Crippen molar-refractivity contribution in [2.45, 2.75) is 11.3 Å². The Balaban J connectivity index is 1.81. The molecule has 7 heteroatoms. The number of ether oxygens (including phenoxy) is 2. The fraction of sp³-hybridized carbons (Fsp3) is 0.188. The molecule has 0 spiro atoms. The summed E-state index contributed by atoms with van der Waals surface area (Å²) in [6, 6.07) is 13.1. The molecule has 0 aromatic heterocycles. The highest BCUT2D eigenvalue weighted by Gasteiger charge is 2.10. The average Bonchev–Trinajstić information content (AvgIpc) is 2.56. The Kier molecular flexibility index (Phi) is 5.99. The van der Waals surface area contributed by atoms with Crippen molar-refractivity contribution >= 4 is 23.4 Å². The van der Waals surface area contributed by atoms with E-state index < -0.39 is 4.92 Å². The van der Waals surface area contributed by atoms with E-state index in [4.69, 9.17) is 9.47 Å². The van der Waals surface area contributed by atoms with E-state index in [0.29, 0.717) is 17.3 Å². The quantitative estimate of drug-likeness (QED) is 0.253. The summed E-state index contributed by atoms with van der Waals surface area (Å²) in [4.78, 5) is 22.8. The van der Waals surface area contributed by atoms with Gasteiger partial charge in [-0.15, -0.1) is 11.8 Å². The first-order chi connectivity index (χ1) is 11.1. The lowest BCUT2D eigenvalue weighted by molar-refractivity contribution is -0.384. The second-order valence-electron chi connectivity index (χ2n) is 4.47. The van der Waals surface area contributed by atoms with Gasteiger partial charge in [-0.25, -0.2) is 0 Å². The summed E-state index contributed by atoms with van der Waals surface area (Å²) in [6.07, 6.45) is 0.222. The van der Waals surface area contributed by atoms with Gasteiger partial charge in [0.2, 0.25) is 0 Å². The predicted octanol–water partition coefficient (Wildman–Crippen LogP) is 3.69. The molecule has 23 heavy (non-hydrogen) atoms. The van der Waals surface area contributed by atoms with Crippen molar-refractivity contribution in [3.05, 3.63) is 58.6 Å². The second-order valence-corrected chi connectivity index (χ2v) is 5.64. The van der Waals surface area contributed by atoms with Gasteiger partial charge in [0.1, 0.15) is 0 Å².